The molecule has 6 nitrogen and oxygen atoms in total. The lowest BCUT2D eigenvalue weighted by molar-refractivity contribution is 0.666. The summed E-state index contributed by atoms with van der Waals surface area (Å²) in [6.07, 6.45) is 0. The minimum atomic E-state index is 0.556. The van der Waals surface area contributed by atoms with E-state index in [1.165, 1.54) is 10.8 Å². The Morgan fingerprint density at radius 2 is 0.912 bits per heavy atom. The predicted octanol–water partition coefficient (Wildman–Crippen LogP) is 13.4. The van der Waals surface area contributed by atoms with Crippen LogP contribution in [-0.2, 0) is 0 Å². The van der Waals surface area contributed by atoms with E-state index in [2.05, 4.69) is 120 Å². The first-order valence-electron chi connectivity index (χ1n) is 19.0. The highest BCUT2D eigenvalue weighted by Gasteiger charge is 2.22. The maximum atomic E-state index is 6.81. The number of para-hydroxylation sites is 3. The largest absolute Gasteiger partial charge is 0.456 e. The lowest BCUT2D eigenvalue weighted by atomic mass is 9.99. The SMILES string of the molecule is c1ccc(-c2nc(-c3ccc4c(c3)oc3cccc(-c5ccccc5)c34)nc(-c3cccc4oc5c(-n6c7ccccc7c7ccccc76)cccc5c34)n2)cc1. The van der Waals surface area contributed by atoms with Crippen LogP contribution < -0.4 is 0 Å². The van der Waals surface area contributed by atoms with Crippen molar-refractivity contribution in [2.75, 3.05) is 0 Å². The summed E-state index contributed by atoms with van der Waals surface area (Å²) in [4.78, 5) is 15.4. The molecule has 4 aromatic heterocycles. The van der Waals surface area contributed by atoms with Crippen LogP contribution >= 0.6 is 0 Å². The molecule has 0 fully saturated rings. The summed E-state index contributed by atoms with van der Waals surface area (Å²) in [5.74, 6) is 1.70. The van der Waals surface area contributed by atoms with Crippen LogP contribution in [0.3, 0.4) is 0 Å². The normalized spacial score (nSPS) is 11.9. The van der Waals surface area contributed by atoms with Crippen molar-refractivity contribution in [3.63, 3.8) is 0 Å². The minimum absolute atomic E-state index is 0.556. The Bertz CT molecular complexity index is 3470. The first-order chi connectivity index (χ1) is 28.3. The molecule has 4 heterocycles. The summed E-state index contributed by atoms with van der Waals surface area (Å²) in [5, 5.41) is 6.47. The van der Waals surface area contributed by atoms with Gasteiger partial charge in [0.15, 0.2) is 23.1 Å². The fraction of sp³-hybridized carbons (Fsp3) is 0. The second-order valence-electron chi connectivity index (χ2n) is 14.3. The van der Waals surface area contributed by atoms with Gasteiger partial charge in [0.25, 0.3) is 0 Å². The summed E-state index contributed by atoms with van der Waals surface area (Å²) >= 11 is 0. The summed E-state index contributed by atoms with van der Waals surface area (Å²) in [5.41, 5.74) is 11.3. The van der Waals surface area contributed by atoms with Crippen molar-refractivity contribution >= 4 is 65.7 Å². The molecule has 0 bridgehead atoms. The first-order valence-corrected chi connectivity index (χ1v) is 19.0. The molecule has 0 aliphatic heterocycles. The molecule has 6 heteroatoms. The number of benzene rings is 8. The average Bonchev–Trinajstić information content (AvgIpc) is 3.96. The molecule has 8 aromatic carbocycles. The molecule has 0 unspecified atom stereocenters. The second kappa shape index (κ2) is 12.3. The smallest absolute Gasteiger partial charge is 0.164 e. The Morgan fingerprint density at radius 3 is 1.65 bits per heavy atom. The monoisotopic (exact) mass is 730 g/mol. The molecule has 0 aliphatic carbocycles. The zero-order valence-electron chi connectivity index (χ0n) is 30.4. The Labute approximate surface area is 325 Å². The van der Waals surface area contributed by atoms with Gasteiger partial charge >= 0.3 is 0 Å². The predicted molar refractivity (Wildman–Crippen MR) is 230 cm³/mol. The third-order valence-electron chi connectivity index (χ3n) is 11.1. The van der Waals surface area contributed by atoms with Gasteiger partial charge in [-0.1, -0.05) is 140 Å². The highest BCUT2D eigenvalue weighted by molar-refractivity contribution is 6.16. The van der Waals surface area contributed by atoms with Gasteiger partial charge in [0.1, 0.15) is 16.7 Å². The quantitative estimate of drug-likeness (QED) is 0.176. The number of aromatic nitrogens is 4. The molecular weight excluding hydrogens is 701 g/mol. The number of rotatable bonds is 5. The highest BCUT2D eigenvalue weighted by atomic mass is 16.3. The molecule has 0 radical (unpaired) electrons. The summed E-state index contributed by atoms with van der Waals surface area (Å²) in [7, 11) is 0. The molecule has 12 rings (SSSR count). The van der Waals surface area contributed by atoms with Crippen LogP contribution in [0, 0.1) is 0 Å². The number of nitrogens with zero attached hydrogens (tertiary/aromatic N) is 4. The van der Waals surface area contributed by atoms with E-state index in [1.807, 2.05) is 66.7 Å². The zero-order valence-corrected chi connectivity index (χ0v) is 30.4. The van der Waals surface area contributed by atoms with Gasteiger partial charge in [-0.15, -0.1) is 0 Å². The molecule has 266 valence electrons. The molecule has 0 N–H and O–H groups in total. The fourth-order valence-corrected chi connectivity index (χ4v) is 8.54. The number of furan rings is 2. The highest BCUT2D eigenvalue weighted by Crippen LogP contribution is 2.42. The Hall–Kier alpha value is -7.83. The standard InChI is InChI=1S/C51H30N4O2/c1-3-14-31(15-4-1)34-20-12-26-43-46(34)37-29-28-33(30-45(37)56-43)50-52-49(32-16-5-2-6-17-32)53-51(54-50)39-22-13-27-44-47(39)38-21-11-25-42(48(38)57-44)55-40-23-9-7-18-35(40)36-19-8-10-24-41(36)55/h1-30H. The van der Waals surface area contributed by atoms with E-state index in [4.69, 9.17) is 23.8 Å². The summed E-state index contributed by atoms with van der Waals surface area (Å²) in [6, 6.07) is 62.5. The molecular formula is C51H30N4O2. The van der Waals surface area contributed by atoms with Gasteiger partial charge in [-0.3, -0.25) is 0 Å². The van der Waals surface area contributed by atoms with Crippen LogP contribution in [0.2, 0.25) is 0 Å². The molecule has 12 aromatic rings. The van der Waals surface area contributed by atoms with Crippen molar-refractivity contribution in [1.29, 1.82) is 0 Å². The lowest BCUT2D eigenvalue weighted by Crippen LogP contribution is -2.00. The molecule has 0 amide bonds. The van der Waals surface area contributed by atoms with Gasteiger partial charge in [0.2, 0.25) is 0 Å². The van der Waals surface area contributed by atoms with Crippen molar-refractivity contribution in [2.45, 2.75) is 0 Å². The van der Waals surface area contributed by atoms with Gasteiger partial charge in [-0.25, -0.2) is 15.0 Å². The van der Waals surface area contributed by atoms with E-state index < -0.39 is 0 Å². The van der Waals surface area contributed by atoms with Crippen LogP contribution in [-0.4, -0.2) is 19.5 Å². The Morgan fingerprint density at radius 1 is 0.351 bits per heavy atom. The van der Waals surface area contributed by atoms with Crippen LogP contribution in [0.5, 0.6) is 0 Å². The van der Waals surface area contributed by atoms with Crippen LogP contribution in [0.25, 0.3) is 117 Å². The second-order valence-corrected chi connectivity index (χ2v) is 14.3. The van der Waals surface area contributed by atoms with Crippen LogP contribution in [0.4, 0.5) is 0 Å². The van der Waals surface area contributed by atoms with Crippen LogP contribution in [0.15, 0.2) is 191 Å². The maximum absolute atomic E-state index is 6.81. The van der Waals surface area contributed by atoms with Crippen molar-refractivity contribution in [3.05, 3.63) is 182 Å². The number of fused-ring (bicyclic) bond motifs is 9. The molecule has 0 saturated carbocycles. The van der Waals surface area contributed by atoms with Crippen molar-refractivity contribution in [3.8, 4) is 51.0 Å². The molecule has 0 atom stereocenters. The van der Waals surface area contributed by atoms with Gasteiger partial charge in [0, 0.05) is 49.0 Å². The van der Waals surface area contributed by atoms with Gasteiger partial charge in [-0.05, 0) is 53.6 Å². The third-order valence-corrected chi connectivity index (χ3v) is 11.1. The maximum Gasteiger partial charge on any atom is 0.164 e. The van der Waals surface area contributed by atoms with Crippen molar-refractivity contribution in [2.24, 2.45) is 0 Å². The Kier molecular flexibility index (Phi) is 6.83. The lowest BCUT2D eigenvalue weighted by Gasteiger charge is -2.10. The summed E-state index contributed by atoms with van der Waals surface area (Å²) in [6.45, 7) is 0. The average molecular weight is 731 g/mol. The van der Waals surface area contributed by atoms with Gasteiger partial charge in [-0.2, -0.15) is 0 Å². The van der Waals surface area contributed by atoms with Gasteiger partial charge < -0.3 is 13.4 Å². The molecule has 0 aliphatic rings. The number of hydrogen-bond donors (Lipinski definition) is 0. The molecule has 0 spiro atoms. The van der Waals surface area contributed by atoms with Crippen molar-refractivity contribution in [1.82, 2.24) is 19.5 Å². The van der Waals surface area contributed by atoms with E-state index in [9.17, 15) is 0 Å². The topological polar surface area (TPSA) is 69.9 Å². The van der Waals surface area contributed by atoms with E-state index in [0.29, 0.717) is 17.5 Å². The number of hydrogen-bond acceptors (Lipinski definition) is 5. The minimum Gasteiger partial charge on any atom is -0.456 e. The fourth-order valence-electron chi connectivity index (χ4n) is 8.54. The van der Waals surface area contributed by atoms with E-state index in [-0.39, 0.29) is 0 Å². The van der Waals surface area contributed by atoms with Crippen molar-refractivity contribution < 1.29 is 8.83 Å². The first kappa shape index (κ1) is 31.5. The molecule has 57 heavy (non-hydrogen) atoms. The Balaban J connectivity index is 1.07. The van der Waals surface area contributed by atoms with E-state index >= 15 is 0 Å². The van der Waals surface area contributed by atoms with Gasteiger partial charge in [0.05, 0.1) is 16.7 Å². The van der Waals surface area contributed by atoms with E-state index in [1.54, 1.807) is 0 Å². The third kappa shape index (κ3) is 4.87. The van der Waals surface area contributed by atoms with Crippen LogP contribution in [0.1, 0.15) is 0 Å². The van der Waals surface area contributed by atoms with E-state index in [0.717, 1.165) is 88.4 Å². The zero-order chi connectivity index (χ0) is 37.5. The molecule has 0 saturated heterocycles. The summed E-state index contributed by atoms with van der Waals surface area (Å²) < 4.78 is 15.6.